The van der Waals surface area contributed by atoms with Crippen LogP contribution >= 0.6 is 11.8 Å². The zero-order valence-electron chi connectivity index (χ0n) is 14.5. The van der Waals surface area contributed by atoms with Crippen molar-refractivity contribution in [2.75, 3.05) is 5.32 Å². The molecular weight excluding hydrogens is 350 g/mol. The Morgan fingerprint density at radius 3 is 2.65 bits per heavy atom. The van der Waals surface area contributed by atoms with Crippen LogP contribution in [-0.4, -0.2) is 11.1 Å². The van der Waals surface area contributed by atoms with Gasteiger partial charge in [0.25, 0.3) is 0 Å². The van der Waals surface area contributed by atoms with Gasteiger partial charge in [-0.25, -0.2) is 4.79 Å². The Kier molecular flexibility index (Phi) is 6.07. The van der Waals surface area contributed by atoms with Gasteiger partial charge in [-0.3, -0.25) is 0 Å². The van der Waals surface area contributed by atoms with E-state index < -0.39 is 12.0 Å². The van der Waals surface area contributed by atoms with Crippen molar-refractivity contribution >= 4 is 23.4 Å². The van der Waals surface area contributed by atoms with Crippen LogP contribution < -0.4 is 5.32 Å². The van der Waals surface area contributed by atoms with Gasteiger partial charge in [0.2, 0.25) is 0 Å². The van der Waals surface area contributed by atoms with Gasteiger partial charge in [-0.1, -0.05) is 25.1 Å². The van der Waals surface area contributed by atoms with E-state index >= 15 is 0 Å². The summed E-state index contributed by atoms with van der Waals surface area (Å²) in [7, 11) is 0. The van der Waals surface area contributed by atoms with Gasteiger partial charge in [-0.15, -0.1) is 11.8 Å². The highest BCUT2D eigenvalue weighted by molar-refractivity contribution is 7.97. The first-order valence-electron chi connectivity index (χ1n) is 8.43. The van der Waals surface area contributed by atoms with Crippen LogP contribution in [0.15, 0.2) is 63.6 Å². The Bertz CT molecular complexity index is 841. The topological polar surface area (TPSA) is 75.6 Å². The third kappa shape index (κ3) is 4.52. The van der Waals surface area contributed by atoms with Gasteiger partial charge in [0.1, 0.15) is 17.3 Å². The maximum Gasteiger partial charge on any atom is 0.334 e. The number of hydrogen-bond acceptors (Lipinski definition) is 5. The number of aryl methyl sites for hydroxylation is 1. The minimum atomic E-state index is -0.972. The molecule has 1 atom stereocenters. The van der Waals surface area contributed by atoms with Crippen molar-refractivity contribution in [1.82, 2.24) is 0 Å². The van der Waals surface area contributed by atoms with Crippen LogP contribution in [0, 0.1) is 0 Å². The normalized spacial score (nSPS) is 12.0. The summed E-state index contributed by atoms with van der Waals surface area (Å²) in [4.78, 5) is 11.7. The minimum Gasteiger partial charge on any atom is -0.479 e. The predicted octanol–water partition coefficient (Wildman–Crippen LogP) is 5.11. The molecule has 3 aromatic rings. The average molecular weight is 371 g/mol. The fraction of sp³-hybridized carbons (Fsp3) is 0.250. The molecule has 0 aliphatic rings. The Hall–Kier alpha value is -2.60. The van der Waals surface area contributed by atoms with Gasteiger partial charge in [-0.2, -0.15) is 0 Å². The Morgan fingerprint density at radius 1 is 1.12 bits per heavy atom. The molecule has 0 aliphatic carbocycles. The number of thioether (sulfide) groups is 1. The first-order valence-corrected chi connectivity index (χ1v) is 9.59. The summed E-state index contributed by atoms with van der Waals surface area (Å²) in [6.45, 7) is 2.04. The number of anilines is 1. The molecule has 0 bridgehead atoms. The molecule has 1 aromatic carbocycles. The number of carbonyl (C=O) groups is 1. The number of carboxylic acids is 1. The number of hydrogen-bond donors (Lipinski definition) is 2. The summed E-state index contributed by atoms with van der Waals surface area (Å²) in [5.41, 5.74) is 1.88. The molecule has 0 saturated carbocycles. The second kappa shape index (κ2) is 8.67. The lowest BCUT2D eigenvalue weighted by molar-refractivity contribution is -0.138. The molecule has 136 valence electrons. The lowest BCUT2D eigenvalue weighted by Gasteiger charge is -2.16. The van der Waals surface area contributed by atoms with Crippen molar-refractivity contribution < 1.29 is 18.7 Å². The highest BCUT2D eigenvalue weighted by atomic mass is 32.2. The Labute approximate surface area is 156 Å². The smallest absolute Gasteiger partial charge is 0.334 e. The average Bonchev–Trinajstić information content (AvgIpc) is 3.32. The number of nitrogens with one attached hydrogen (secondary N) is 1. The van der Waals surface area contributed by atoms with Crippen LogP contribution in [0.1, 0.15) is 35.8 Å². The first-order chi connectivity index (χ1) is 12.7. The fourth-order valence-electron chi connectivity index (χ4n) is 2.65. The highest BCUT2D eigenvalue weighted by Gasteiger charge is 2.24. The second-order valence-corrected chi connectivity index (χ2v) is 6.79. The number of furan rings is 2. The van der Waals surface area contributed by atoms with Crippen molar-refractivity contribution in [1.29, 1.82) is 0 Å². The van der Waals surface area contributed by atoms with Gasteiger partial charge >= 0.3 is 5.97 Å². The van der Waals surface area contributed by atoms with Crippen LogP contribution in [0.3, 0.4) is 0 Å². The maximum atomic E-state index is 11.7. The number of rotatable bonds is 9. The van der Waals surface area contributed by atoms with E-state index in [9.17, 15) is 9.90 Å². The predicted molar refractivity (Wildman–Crippen MR) is 102 cm³/mol. The quantitative estimate of drug-likeness (QED) is 0.545. The van der Waals surface area contributed by atoms with E-state index in [4.69, 9.17) is 8.83 Å². The van der Waals surface area contributed by atoms with E-state index in [1.165, 1.54) is 0 Å². The molecule has 2 aromatic heterocycles. The molecule has 0 aliphatic heterocycles. The molecule has 0 fully saturated rings. The molecule has 6 heteroatoms. The Morgan fingerprint density at radius 2 is 1.92 bits per heavy atom. The number of benzene rings is 1. The van der Waals surface area contributed by atoms with Crippen molar-refractivity contribution in [3.63, 3.8) is 0 Å². The molecule has 0 spiro atoms. The molecule has 5 nitrogen and oxygen atoms in total. The first kappa shape index (κ1) is 18.2. The van der Waals surface area contributed by atoms with E-state index in [-0.39, 0.29) is 0 Å². The second-order valence-electron chi connectivity index (χ2n) is 5.80. The fourth-order valence-corrected chi connectivity index (χ4v) is 3.48. The lowest BCUT2D eigenvalue weighted by Crippen LogP contribution is -2.20. The SMILES string of the molecule is CCc1ccccc1NC(C(=O)O)c1ccc(CSCc2ccco2)o1. The van der Waals surface area contributed by atoms with Crippen LogP contribution in [0.25, 0.3) is 0 Å². The molecule has 0 amide bonds. The lowest BCUT2D eigenvalue weighted by atomic mass is 10.1. The number of para-hydroxylation sites is 1. The van der Waals surface area contributed by atoms with Crippen LogP contribution in [0.2, 0.25) is 0 Å². The number of carboxylic acid groups (broad SMARTS) is 1. The largest absolute Gasteiger partial charge is 0.479 e. The molecule has 0 saturated heterocycles. The van der Waals surface area contributed by atoms with Crippen molar-refractivity contribution in [2.24, 2.45) is 0 Å². The maximum absolute atomic E-state index is 11.7. The van der Waals surface area contributed by atoms with Crippen molar-refractivity contribution in [2.45, 2.75) is 30.9 Å². The van der Waals surface area contributed by atoms with E-state index in [2.05, 4.69) is 5.32 Å². The summed E-state index contributed by atoms with van der Waals surface area (Å²) in [5, 5.41) is 12.7. The van der Waals surface area contributed by atoms with Crippen LogP contribution in [0.5, 0.6) is 0 Å². The van der Waals surface area contributed by atoms with E-state index in [1.807, 2.05) is 49.4 Å². The molecule has 26 heavy (non-hydrogen) atoms. The van der Waals surface area contributed by atoms with Crippen LogP contribution in [-0.2, 0) is 22.7 Å². The third-order valence-electron chi connectivity index (χ3n) is 3.98. The molecule has 0 radical (unpaired) electrons. The van der Waals surface area contributed by atoms with Gasteiger partial charge in [0.15, 0.2) is 6.04 Å². The molecule has 2 heterocycles. The zero-order valence-corrected chi connectivity index (χ0v) is 15.3. The standard InChI is InChI=1S/C20H21NO4S/c1-2-14-6-3-4-8-17(14)21-19(20(22)23)18-10-9-16(25-18)13-26-12-15-7-5-11-24-15/h3-11,19,21H,2,12-13H2,1H3,(H,22,23). The summed E-state index contributed by atoms with van der Waals surface area (Å²) >= 11 is 1.65. The third-order valence-corrected chi connectivity index (χ3v) is 4.96. The molecule has 3 rings (SSSR count). The van der Waals surface area contributed by atoms with Gasteiger partial charge in [0, 0.05) is 5.69 Å². The monoisotopic (exact) mass is 371 g/mol. The highest BCUT2D eigenvalue weighted by Crippen LogP contribution is 2.27. The van der Waals surface area contributed by atoms with Crippen LogP contribution in [0.4, 0.5) is 5.69 Å². The zero-order chi connectivity index (χ0) is 18.4. The summed E-state index contributed by atoms with van der Waals surface area (Å²) in [5.74, 6) is 2.47. The van der Waals surface area contributed by atoms with Gasteiger partial charge < -0.3 is 19.3 Å². The van der Waals surface area contributed by atoms with E-state index in [1.54, 1.807) is 24.1 Å². The van der Waals surface area contributed by atoms with Crippen molar-refractivity contribution in [3.8, 4) is 0 Å². The summed E-state index contributed by atoms with van der Waals surface area (Å²) in [6.07, 6.45) is 2.47. The summed E-state index contributed by atoms with van der Waals surface area (Å²) < 4.78 is 11.1. The van der Waals surface area contributed by atoms with Crippen molar-refractivity contribution in [3.05, 3.63) is 77.6 Å². The van der Waals surface area contributed by atoms with E-state index in [0.29, 0.717) is 11.5 Å². The molecule has 2 N–H and O–H groups in total. The molecular formula is C20H21NO4S. The number of aliphatic carboxylic acids is 1. The van der Waals surface area contributed by atoms with Gasteiger partial charge in [0.05, 0.1) is 17.8 Å². The molecule has 1 unspecified atom stereocenters. The van der Waals surface area contributed by atoms with E-state index in [0.717, 1.165) is 34.9 Å². The summed E-state index contributed by atoms with van der Waals surface area (Å²) in [6, 6.07) is 14.1. The Balaban J connectivity index is 1.66. The minimum absolute atomic E-state index is 0.400. The van der Waals surface area contributed by atoms with Gasteiger partial charge in [-0.05, 0) is 42.3 Å².